The lowest BCUT2D eigenvalue weighted by Gasteiger charge is -2.25. The van der Waals surface area contributed by atoms with Crippen LogP contribution in [-0.4, -0.2) is 79.9 Å². The number of hydrogen-bond donors (Lipinski definition) is 0. The van der Waals surface area contributed by atoms with Gasteiger partial charge in [-0.1, -0.05) is 6.07 Å². The molecule has 0 aromatic carbocycles. The third-order valence-corrected chi connectivity index (χ3v) is 5.23. The fraction of sp³-hybridized carbons (Fsp3) is 0.600. The van der Waals surface area contributed by atoms with Crippen molar-refractivity contribution in [2.24, 2.45) is 5.92 Å². The van der Waals surface area contributed by atoms with Crippen molar-refractivity contribution < 1.29 is 13.2 Å². The van der Waals surface area contributed by atoms with Crippen LogP contribution in [-0.2, 0) is 21.4 Å². The van der Waals surface area contributed by atoms with Crippen LogP contribution in [0.3, 0.4) is 0 Å². The van der Waals surface area contributed by atoms with Crippen LogP contribution in [0.25, 0.3) is 0 Å². The van der Waals surface area contributed by atoms with Gasteiger partial charge in [0, 0.05) is 59.2 Å². The number of carbonyl (C=O) groups excluding carboxylic acids is 1. The first-order valence-corrected chi connectivity index (χ1v) is 9.39. The molecule has 0 saturated carbocycles. The van der Waals surface area contributed by atoms with Crippen molar-refractivity contribution in [3.8, 4) is 0 Å². The van der Waals surface area contributed by atoms with Gasteiger partial charge in [0.15, 0.2) is 0 Å². The summed E-state index contributed by atoms with van der Waals surface area (Å²) in [6, 6.07) is 3.85. The van der Waals surface area contributed by atoms with Gasteiger partial charge >= 0.3 is 0 Å². The molecule has 0 radical (unpaired) electrons. The molecule has 2 rings (SSSR count). The molecule has 0 N–H and O–H groups in total. The summed E-state index contributed by atoms with van der Waals surface area (Å²) >= 11 is 0. The quantitative estimate of drug-likeness (QED) is 0.763. The maximum Gasteiger partial charge on any atom is 0.227 e. The second-order valence-corrected chi connectivity index (χ2v) is 8.13. The summed E-state index contributed by atoms with van der Waals surface area (Å²) in [5, 5.41) is 0. The number of nitrogens with zero attached hydrogens (tertiary/aromatic N) is 4. The SMILES string of the molecule is CN(C)C(=O)[C@H]1CN(Cc2cccnc2)CCN(S(C)(=O)=O)C1. The molecule has 0 spiro atoms. The molecule has 23 heavy (non-hydrogen) atoms. The van der Waals surface area contributed by atoms with Gasteiger partial charge < -0.3 is 4.90 Å². The van der Waals surface area contributed by atoms with E-state index < -0.39 is 10.0 Å². The summed E-state index contributed by atoms with van der Waals surface area (Å²) < 4.78 is 25.2. The normalized spacial score (nSPS) is 20.9. The number of pyridine rings is 1. The summed E-state index contributed by atoms with van der Waals surface area (Å²) in [5.41, 5.74) is 1.05. The Kier molecular flexibility index (Phi) is 5.72. The molecule has 1 aliphatic rings. The molecule has 1 saturated heterocycles. The van der Waals surface area contributed by atoms with Crippen LogP contribution in [0.2, 0.25) is 0 Å². The summed E-state index contributed by atoms with van der Waals surface area (Å²) in [7, 11) is 0.0817. The Balaban J connectivity index is 2.17. The molecule has 2 heterocycles. The third-order valence-electron chi connectivity index (χ3n) is 3.96. The fourth-order valence-corrected chi connectivity index (χ4v) is 3.63. The Morgan fingerprint density at radius 1 is 1.35 bits per heavy atom. The molecule has 1 aromatic rings. The lowest BCUT2D eigenvalue weighted by atomic mass is 10.1. The zero-order valence-corrected chi connectivity index (χ0v) is 14.7. The van der Waals surface area contributed by atoms with Crippen LogP contribution in [0, 0.1) is 5.92 Å². The number of sulfonamides is 1. The molecular weight excluding hydrogens is 316 g/mol. The number of rotatable bonds is 4. The van der Waals surface area contributed by atoms with Gasteiger partial charge in [0.2, 0.25) is 15.9 Å². The van der Waals surface area contributed by atoms with Crippen LogP contribution >= 0.6 is 0 Å². The Hall–Kier alpha value is -1.51. The van der Waals surface area contributed by atoms with E-state index in [0.29, 0.717) is 26.2 Å². The van der Waals surface area contributed by atoms with Crippen LogP contribution in [0.4, 0.5) is 0 Å². The van der Waals surface area contributed by atoms with E-state index in [4.69, 9.17) is 0 Å². The summed E-state index contributed by atoms with van der Waals surface area (Å²) in [6.45, 7) is 2.43. The summed E-state index contributed by atoms with van der Waals surface area (Å²) in [5.74, 6) is -0.407. The topological polar surface area (TPSA) is 73.8 Å². The van der Waals surface area contributed by atoms with E-state index >= 15 is 0 Å². The molecule has 7 nitrogen and oxygen atoms in total. The van der Waals surface area contributed by atoms with E-state index in [1.807, 2.05) is 12.1 Å². The van der Waals surface area contributed by atoms with Crippen molar-refractivity contribution in [3.63, 3.8) is 0 Å². The van der Waals surface area contributed by atoms with Gasteiger partial charge in [-0.15, -0.1) is 0 Å². The van der Waals surface area contributed by atoms with Crippen LogP contribution in [0.1, 0.15) is 5.56 Å². The van der Waals surface area contributed by atoms with Crippen molar-refractivity contribution in [1.29, 1.82) is 0 Å². The maximum absolute atomic E-state index is 12.4. The Morgan fingerprint density at radius 3 is 2.65 bits per heavy atom. The van der Waals surface area contributed by atoms with Gasteiger partial charge in [-0.05, 0) is 11.6 Å². The lowest BCUT2D eigenvalue weighted by Crippen LogP contribution is -2.41. The highest BCUT2D eigenvalue weighted by Crippen LogP contribution is 2.16. The highest BCUT2D eigenvalue weighted by Gasteiger charge is 2.32. The van der Waals surface area contributed by atoms with Gasteiger partial charge in [-0.25, -0.2) is 12.7 Å². The molecule has 1 aliphatic heterocycles. The molecule has 1 fully saturated rings. The molecular formula is C15H24N4O3S. The van der Waals surface area contributed by atoms with Crippen LogP contribution in [0.5, 0.6) is 0 Å². The highest BCUT2D eigenvalue weighted by atomic mass is 32.2. The molecule has 128 valence electrons. The maximum atomic E-state index is 12.4. The van der Waals surface area contributed by atoms with Gasteiger partial charge in [0.1, 0.15) is 0 Å². The zero-order chi connectivity index (χ0) is 17.0. The van der Waals surface area contributed by atoms with E-state index in [1.54, 1.807) is 26.5 Å². The molecule has 0 unspecified atom stereocenters. The van der Waals surface area contributed by atoms with Gasteiger partial charge in [0.25, 0.3) is 0 Å². The summed E-state index contributed by atoms with van der Waals surface area (Å²) in [6.07, 6.45) is 4.71. The van der Waals surface area contributed by atoms with Crippen LogP contribution in [0.15, 0.2) is 24.5 Å². The third kappa shape index (κ3) is 4.98. The van der Waals surface area contributed by atoms with Gasteiger partial charge in [0.05, 0.1) is 12.2 Å². The predicted octanol–water partition coefficient (Wildman–Crippen LogP) is -0.137. The minimum atomic E-state index is -3.31. The van der Waals surface area contributed by atoms with Crippen molar-refractivity contribution in [3.05, 3.63) is 30.1 Å². The summed E-state index contributed by atoms with van der Waals surface area (Å²) in [4.78, 5) is 20.1. The van der Waals surface area contributed by atoms with Gasteiger partial charge in [-0.2, -0.15) is 0 Å². The zero-order valence-electron chi connectivity index (χ0n) is 13.8. The Labute approximate surface area is 137 Å². The van der Waals surface area contributed by atoms with E-state index in [-0.39, 0.29) is 18.4 Å². The second-order valence-electron chi connectivity index (χ2n) is 6.15. The monoisotopic (exact) mass is 340 g/mol. The minimum Gasteiger partial charge on any atom is -0.348 e. The Morgan fingerprint density at radius 2 is 2.09 bits per heavy atom. The highest BCUT2D eigenvalue weighted by molar-refractivity contribution is 7.88. The number of carbonyl (C=O) groups is 1. The van der Waals surface area contributed by atoms with E-state index in [2.05, 4.69) is 9.88 Å². The van der Waals surface area contributed by atoms with Crippen molar-refractivity contribution in [2.75, 3.05) is 46.5 Å². The van der Waals surface area contributed by atoms with Crippen LogP contribution < -0.4 is 0 Å². The van der Waals surface area contributed by atoms with Crippen molar-refractivity contribution >= 4 is 15.9 Å². The molecule has 1 aromatic heterocycles. The largest absolute Gasteiger partial charge is 0.348 e. The molecule has 8 heteroatoms. The first kappa shape index (κ1) is 17.8. The molecule has 1 amide bonds. The second kappa shape index (κ2) is 7.37. The average molecular weight is 340 g/mol. The molecule has 0 bridgehead atoms. The first-order chi connectivity index (χ1) is 10.8. The predicted molar refractivity (Wildman–Crippen MR) is 88.1 cm³/mol. The van der Waals surface area contributed by atoms with E-state index in [1.165, 1.54) is 15.5 Å². The van der Waals surface area contributed by atoms with Gasteiger partial charge in [-0.3, -0.25) is 14.7 Å². The molecule has 1 atom stereocenters. The fourth-order valence-electron chi connectivity index (χ4n) is 2.77. The lowest BCUT2D eigenvalue weighted by molar-refractivity contribution is -0.133. The number of hydrogen-bond acceptors (Lipinski definition) is 5. The number of aromatic nitrogens is 1. The molecule has 0 aliphatic carbocycles. The smallest absolute Gasteiger partial charge is 0.227 e. The Bertz CT molecular complexity index is 633. The standard InChI is InChI=1S/C15H24N4O3S/c1-17(2)15(20)14-11-18(10-13-5-4-6-16-9-13)7-8-19(12-14)23(3,21)22/h4-6,9,14H,7-8,10-12H2,1-3H3/t14-/m0/s1. The first-order valence-electron chi connectivity index (χ1n) is 7.55. The number of amides is 1. The minimum absolute atomic E-state index is 0.0447. The average Bonchev–Trinajstić information content (AvgIpc) is 2.70. The van der Waals surface area contributed by atoms with Crippen molar-refractivity contribution in [1.82, 2.24) is 19.1 Å². The van der Waals surface area contributed by atoms with E-state index in [9.17, 15) is 13.2 Å². The van der Waals surface area contributed by atoms with Crippen molar-refractivity contribution in [2.45, 2.75) is 6.54 Å². The van der Waals surface area contributed by atoms with E-state index in [0.717, 1.165) is 5.56 Å².